The first-order valence-electron chi connectivity index (χ1n) is 5.04. The minimum atomic E-state index is -3.75. The molecule has 0 aliphatic heterocycles. The van der Waals surface area contributed by atoms with Gasteiger partial charge in [-0.05, 0) is 25.6 Å². The van der Waals surface area contributed by atoms with Gasteiger partial charge in [-0.3, -0.25) is 0 Å². The second-order valence-electron chi connectivity index (χ2n) is 4.27. The van der Waals surface area contributed by atoms with E-state index in [1.807, 2.05) is 0 Å². The molecule has 0 aromatic rings. The van der Waals surface area contributed by atoms with Crippen molar-refractivity contribution in [2.75, 3.05) is 0 Å². The lowest BCUT2D eigenvalue weighted by Crippen LogP contribution is -2.35. The smallest absolute Gasteiger partial charge is 0.169 e. The van der Waals surface area contributed by atoms with Gasteiger partial charge < -0.3 is 19.8 Å². The third-order valence-electron chi connectivity index (χ3n) is 3.35. The first-order valence-corrected chi connectivity index (χ1v) is 8.91. The minimum absolute atomic E-state index is 0.0668. The molecular formula is C9H20O4P2. The molecule has 0 amide bonds. The van der Waals surface area contributed by atoms with Crippen LogP contribution in [0.5, 0.6) is 0 Å². The zero-order valence-corrected chi connectivity index (χ0v) is 10.8. The van der Waals surface area contributed by atoms with E-state index in [2.05, 4.69) is 12.6 Å². The molecule has 4 N–H and O–H groups in total. The normalized spacial score (nSPS) is 26.5. The van der Waals surface area contributed by atoms with Crippen LogP contribution in [0.25, 0.3) is 0 Å². The summed E-state index contributed by atoms with van der Waals surface area (Å²) in [5.74, 6) is 0. The van der Waals surface area contributed by atoms with Gasteiger partial charge >= 0.3 is 0 Å². The van der Waals surface area contributed by atoms with Gasteiger partial charge in [-0.15, -0.1) is 0 Å². The molecule has 6 heteroatoms. The summed E-state index contributed by atoms with van der Waals surface area (Å²) < 4.78 is 0. The Balaban J connectivity index is 3.10. The molecule has 0 aromatic heterocycles. The van der Waals surface area contributed by atoms with Gasteiger partial charge in [0.2, 0.25) is 0 Å². The van der Waals surface area contributed by atoms with Crippen molar-refractivity contribution in [1.29, 1.82) is 0 Å². The van der Waals surface area contributed by atoms with Crippen molar-refractivity contribution >= 4 is 27.1 Å². The SMILES string of the molecule is C=P(O)(O)C(O)(CC)P(=C)(O)C1CCC1. The maximum atomic E-state index is 10.3. The summed E-state index contributed by atoms with van der Waals surface area (Å²) in [6.45, 7) is 1.61. The van der Waals surface area contributed by atoms with Crippen LogP contribution in [0.2, 0.25) is 0 Å². The number of aliphatic hydroxyl groups is 1. The lowest BCUT2D eigenvalue weighted by Gasteiger charge is -2.47. The molecule has 0 spiro atoms. The molecule has 1 aliphatic carbocycles. The van der Waals surface area contributed by atoms with E-state index in [-0.39, 0.29) is 12.1 Å². The number of rotatable bonds is 4. The van der Waals surface area contributed by atoms with Gasteiger partial charge in [0.25, 0.3) is 0 Å². The Morgan fingerprint density at radius 3 is 1.93 bits per heavy atom. The van der Waals surface area contributed by atoms with Crippen molar-refractivity contribution in [3.05, 3.63) is 0 Å². The Bertz CT molecular complexity index is 331. The fourth-order valence-corrected chi connectivity index (χ4v) is 7.48. The van der Waals surface area contributed by atoms with Crippen molar-refractivity contribution < 1.29 is 19.8 Å². The van der Waals surface area contributed by atoms with Gasteiger partial charge in [-0.2, -0.15) is 0 Å². The highest BCUT2D eigenvalue weighted by atomic mass is 31.2. The van der Waals surface area contributed by atoms with Crippen LogP contribution in [0.15, 0.2) is 0 Å². The van der Waals surface area contributed by atoms with Crippen LogP contribution in [0.3, 0.4) is 0 Å². The molecule has 1 fully saturated rings. The van der Waals surface area contributed by atoms with E-state index in [4.69, 9.17) is 0 Å². The molecular weight excluding hydrogens is 234 g/mol. The average Bonchev–Trinajstić information content (AvgIpc) is 1.95. The Kier molecular flexibility index (Phi) is 3.63. The molecule has 15 heavy (non-hydrogen) atoms. The zero-order valence-electron chi connectivity index (χ0n) is 9.00. The van der Waals surface area contributed by atoms with Gasteiger partial charge in [0.15, 0.2) is 5.08 Å². The monoisotopic (exact) mass is 254 g/mol. The lowest BCUT2D eigenvalue weighted by molar-refractivity contribution is 0.169. The van der Waals surface area contributed by atoms with E-state index in [1.165, 1.54) is 0 Å². The highest BCUT2D eigenvalue weighted by Gasteiger charge is 2.51. The van der Waals surface area contributed by atoms with Crippen molar-refractivity contribution in [3.63, 3.8) is 0 Å². The Morgan fingerprint density at radius 2 is 1.73 bits per heavy atom. The van der Waals surface area contributed by atoms with E-state index < -0.39 is 19.5 Å². The van der Waals surface area contributed by atoms with Crippen LogP contribution >= 0.6 is 14.5 Å². The second kappa shape index (κ2) is 4.03. The van der Waals surface area contributed by atoms with Crippen LogP contribution in [0, 0.1) is 0 Å². The van der Waals surface area contributed by atoms with E-state index >= 15 is 0 Å². The first kappa shape index (κ1) is 13.5. The van der Waals surface area contributed by atoms with Gasteiger partial charge in [-0.25, -0.2) is 0 Å². The van der Waals surface area contributed by atoms with Crippen LogP contribution in [-0.2, 0) is 0 Å². The van der Waals surface area contributed by atoms with E-state index in [1.54, 1.807) is 6.92 Å². The third kappa shape index (κ3) is 2.00. The largest absolute Gasteiger partial charge is 0.374 e. The summed E-state index contributed by atoms with van der Waals surface area (Å²) in [5, 5.41) is 8.36. The molecule has 4 nitrogen and oxygen atoms in total. The fourth-order valence-electron chi connectivity index (χ4n) is 1.91. The second-order valence-corrected chi connectivity index (χ2v) is 9.95. The highest BCUT2D eigenvalue weighted by molar-refractivity contribution is 7.84. The van der Waals surface area contributed by atoms with Crippen molar-refractivity contribution in [2.45, 2.75) is 43.3 Å². The maximum absolute atomic E-state index is 10.3. The van der Waals surface area contributed by atoms with Crippen LogP contribution < -0.4 is 0 Å². The quantitative estimate of drug-likeness (QED) is 0.568. The van der Waals surface area contributed by atoms with E-state index in [0.717, 1.165) is 19.3 Å². The fraction of sp³-hybridized carbons (Fsp3) is 0.778. The van der Waals surface area contributed by atoms with Crippen LogP contribution in [0.4, 0.5) is 0 Å². The molecule has 1 aliphatic rings. The molecule has 0 aromatic carbocycles. The number of hydrogen-bond acceptors (Lipinski definition) is 4. The van der Waals surface area contributed by atoms with Crippen molar-refractivity contribution in [3.8, 4) is 0 Å². The third-order valence-corrected chi connectivity index (χ3v) is 10.1. The minimum Gasteiger partial charge on any atom is -0.374 e. The molecule has 0 heterocycles. The summed E-state index contributed by atoms with van der Waals surface area (Å²) in [6, 6.07) is 0. The summed E-state index contributed by atoms with van der Waals surface area (Å²) >= 11 is 0. The maximum Gasteiger partial charge on any atom is 0.169 e. The summed E-state index contributed by atoms with van der Waals surface area (Å²) in [5.41, 5.74) is -0.0668. The zero-order chi connectivity index (χ0) is 11.9. The van der Waals surface area contributed by atoms with Gasteiger partial charge in [0.1, 0.15) is 7.34 Å². The van der Waals surface area contributed by atoms with E-state index in [9.17, 15) is 19.8 Å². The summed E-state index contributed by atoms with van der Waals surface area (Å²) in [6.07, 6.45) is 9.58. The summed E-state index contributed by atoms with van der Waals surface area (Å²) in [7, 11) is -6.75. The molecule has 0 radical (unpaired) electrons. The van der Waals surface area contributed by atoms with E-state index in [0.29, 0.717) is 0 Å². The Morgan fingerprint density at radius 1 is 1.27 bits per heavy atom. The Hall–Kier alpha value is 0.440. The highest BCUT2D eigenvalue weighted by Crippen LogP contribution is 2.74. The van der Waals surface area contributed by atoms with Gasteiger partial charge in [0.05, 0.1) is 0 Å². The predicted octanol–water partition coefficient (Wildman–Crippen LogP) is 1.22. The van der Waals surface area contributed by atoms with Gasteiger partial charge in [-0.1, -0.05) is 19.6 Å². The predicted molar refractivity (Wildman–Crippen MR) is 67.6 cm³/mol. The molecule has 0 bridgehead atoms. The molecule has 2 atom stereocenters. The first-order chi connectivity index (χ1) is 6.67. The van der Waals surface area contributed by atoms with Crippen molar-refractivity contribution in [2.24, 2.45) is 0 Å². The molecule has 0 saturated heterocycles. The standard InChI is InChI=1S/C9H20O4P2/c1-4-9(10,15(3,12)13)14(2,11)8-6-5-7-8/h8,10-13H,2-7H2,1H3. The molecule has 2 unspecified atom stereocenters. The van der Waals surface area contributed by atoms with Crippen LogP contribution in [-0.4, -0.2) is 43.1 Å². The lowest BCUT2D eigenvalue weighted by atomic mass is 10.00. The number of hydrogen-bond donors (Lipinski definition) is 4. The van der Waals surface area contributed by atoms with Gasteiger partial charge in [0, 0.05) is 12.8 Å². The average molecular weight is 254 g/mol. The molecule has 1 saturated carbocycles. The molecule has 1 rings (SSSR count). The molecule has 90 valence electrons. The topological polar surface area (TPSA) is 80.9 Å². The Labute approximate surface area is 90.8 Å². The summed E-state index contributed by atoms with van der Waals surface area (Å²) in [4.78, 5) is 29.5. The van der Waals surface area contributed by atoms with Crippen molar-refractivity contribution in [1.82, 2.24) is 0 Å². The van der Waals surface area contributed by atoms with Crippen LogP contribution in [0.1, 0.15) is 32.6 Å².